The van der Waals surface area contributed by atoms with Crippen LogP contribution >= 0.6 is 0 Å². The Kier molecular flexibility index (Phi) is 3.84. The number of likely N-dealkylation sites (tertiary alicyclic amines) is 1. The normalized spacial score (nSPS) is 19.8. The first-order chi connectivity index (χ1) is 11.6. The first kappa shape index (κ1) is 15.3. The molecule has 1 amide bonds. The molecule has 1 aromatic carbocycles. The number of aryl methyl sites for hydroxylation is 1. The minimum absolute atomic E-state index is 0.0132. The Balaban J connectivity index is 1.50. The summed E-state index contributed by atoms with van der Waals surface area (Å²) in [6.45, 7) is 3.55. The van der Waals surface area contributed by atoms with E-state index in [9.17, 15) is 9.18 Å². The smallest absolute Gasteiger partial charge is 0.242 e. The molecule has 1 atom stereocenters. The maximum atomic E-state index is 13.2. The molecule has 1 saturated heterocycles. The second-order valence-electron chi connectivity index (χ2n) is 6.84. The minimum Gasteiger partial charge on any atom is -0.352 e. The van der Waals surface area contributed by atoms with Crippen molar-refractivity contribution in [1.29, 1.82) is 0 Å². The number of halogens is 1. The van der Waals surface area contributed by atoms with Crippen molar-refractivity contribution in [2.75, 3.05) is 13.1 Å². The van der Waals surface area contributed by atoms with Crippen LogP contribution in [0, 0.1) is 12.7 Å². The Morgan fingerprint density at radius 3 is 2.58 bits per heavy atom. The molecule has 1 aliphatic heterocycles. The van der Waals surface area contributed by atoms with Crippen LogP contribution in [0.3, 0.4) is 0 Å². The van der Waals surface area contributed by atoms with Crippen LogP contribution in [-0.4, -0.2) is 39.7 Å². The molecule has 24 heavy (non-hydrogen) atoms. The maximum absolute atomic E-state index is 13.2. The molecule has 2 fully saturated rings. The van der Waals surface area contributed by atoms with E-state index < -0.39 is 0 Å². The molecule has 2 aliphatic rings. The molecule has 4 rings (SSSR count). The Hall–Kier alpha value is -2.21. The van der Waals surface area contributed by atoms with Crippen molar-refractivity contribution in [3.63, 3.8) is 0 Å². The molecule has 0 radical (unpaired) electrons. The molecule has 126 valence electrons. The predicted molar refractivity (Wildman–Crippen MR) is 87.9 cm³/mol. The third-order valence-corrected chi connectivity index (χ3v) is 4.72. The highest BCUT2D eigenvalue weighted by Gasteiger charge is 2.39. The van der Waals surface area contributed by atoms with E-state index in [4.69, 9.17) is 0 Å². The number of carbonyl (C=O) groups excluding carboxylic acids is 1. The second kappa shape index (κ2) is 6.02. The van der Waals surface area contributed by atoms with Gasteiger partial charge in [-0.1, -0.05) is 12.1 Å². The van der Waals surface area contributed by atoms with E-state index in [1.54, 1.807) is 12.1 Å². The van der Waals surface area contributed by atoms with Crippen molar-refractivity contribution in [3.05, 3.63) is 53.6 Å². The summed E-state index contributed by atoms with van der Waals surface area (Å²) in [6.07, 6.45) is 5.98. The summed E-state index contributed by atoms with van der Waals surface area (Å²) in [5.41, 5.74) is 1.97. The Morgan fingerprint density at radius 1 is 1.29 bits per heavy atom. The van der Waals surface area contributed by atoms with E-state index >= 15 is 0 Å². The van der Waals surface area contributed by atoms with Crippen LogP contribution in [0.1, 0.15) is 36.1 Å². The summed E-state index contributed by atoms with van der Waals surface area (Å²) in [4.78, 5) is 14.8. The zero-order valence-corrected chi connectivity index (χ0v) is 13.7. The number of hydrogen-bond donors (Lipinski definition) is 1. The highest BCUT2D eigenvalue weighted by atomic mass is 19.1. The number of nitrogens with zero attached hydrogens (tertiary/aromatic N) is 3. The van der Waals surface area contributed by atoms with Crippen LogP contribution in [0.4, 0.5) is 4.39 Å². The summed E-state index contributed by atoms with van der Waals surface area (Å²) >= 11 is 0. The van der Waals surface area contributed by atoms with Gasteiger partial charge >= 0.3 is 0 Å². The van der Waals surface area contributed by atoms with E-state index in [2.05, 4.69) is 15.3 Å². The van der Waals surface area contributed by atoms with Crippen molar-refractivity contribution in [2.45, 2.75) is 37.9 Å². The zero-order valence-electron chi connectivity index (χ0n) is 13.7. The first-order valence-corrected chi connectivity index (χ1v) is 8.41. The van der Waals surface area contributed by atoms with Gasteiger partial charge in [-0.3, -0.25) is 14.4 Å². The Bertz CT molecular complexity index is 732. The SMILES string of the molecule is Cc1cnn(C2CN(C(C(=O)NC3CC3)c3ccc(F)cc3)C2)c1. The molecule has 1 saturated carbocycles. The van der Waals surface area contributed by atoms with Crippen LogP contribution in [0.25, 0.3) is 0 Å². The van der Waals surface area contributed by atoms with Gasteiger partial charge in [0.1, 0.15) is 11.9 Å². The second-order valence-corrected chi connectivity index (χ2v) is 6.84. The van der Waals surface area contributed by atoms with E-state index in [0.29, 0.717) is 6.04 Å². The average Bonchev–Trinajstić information content (AvgIpc) is 3.23. The molecular weight excluding hydrogens is 307 g/mol. The lowest BCUT2D eigenvalue weighted by Crippen LogP contribution is -2.53. The fourth-order valence-electron chi connectivity index (χ4n) is 3.18. The van der Waals surface area contributed by atoms with E-state index in [1.807, 2.05) is 24.0 Å². The van der Waals surface area contributed by atoms with Gasteiger partial charge in [-0.25, -0.2) is 4.39 Å². The van der Waals surface area contributed by atoms with Crippen molar-refractivity contribution in [3.8, 4) is 0 Å². The van der Waals surface area contributed by atoms with Crippen molar-refractivity contribution in [1.82, 2.24) is 20.0 Å². The molecule has 1 unspecified atom stereocenters. The molecule has 1 aliphatic carbocycles. The number of amides is 1. The fraction of sp³-hybridized carbons (Fsp3) is 0.444. The van der Waals surface area contributed by atoms with E-state index in [0.717, 1.165) is 37.1 Å². The average molecular weight is 328 g/mol. The Morgan fingerprint density at radius 2 is 2.00 bits per heavy atom. The van der Waals surface area contributed by atoms with Crippen LogP contribution in [0.2, 0.25) is 0 Å². The molecule has 2 aromatic rings. The van der Waals surface area contributed by atoms with Crippen molar-refractivity contribution < 1.29 is 9.18 Å². The molecule has 5 nitrogen and oxygen atoms in total. The van der Waals surface area contributed by atoms with Crippen LogP contribution in [0.5, 0.6) is 0 Å². The quantitative estimate of drug-likeness (QED) is 0.915. The number of aromatic nitrogens is 2. The van der Waals surface area contributed by atoms with E-state index in [1.165, 1.54) is 12.1 Å². The molecule has 2 heterocycles. The largest absolute Gasteiger partial charge is 0.352 e. The lowest BCUT2D eigenvalue weighted by atomic mass is 9.98. The van der Waals surface area contributed by atoms with Crippen LogP contribution in [-0.2, 0) is 4.79 Å². The Labute approximate surface area is 140 Å². The van der Waals surface area contributed by atoms with Gasteiger partial charge in [0.25, 0.3) is 0 Å². The molecule has 0 spiro atoms. The van der Waals surface area contributed by atoms with Gasteiger partial charge in [-0.15, -0.1) is 0 Å². The molecule has 6 heteroatoms. The zero-order chi connectivity index (χ0) is 16.7. The molecular formula is C18H21FN4O. The summed E-state index contributed by atoms with van der Waals surface area (Å²) in [5.74, 6) is -0.271. The minimum atomic E-state index is -0.362. The highest BCUT2D eigenvalue weighted by Crippen LogP contribution is 2.32. The monoisotopic (exact) mass is 328 g/mol. The summed E-state index contributed by atoms with van der Waals surface area (Å²) in [6, 6.07) is 6.48. The predicted octanol–water partition coefficient (Wildman–Crippen LogP) is 2.21. The van der Waals surface area contributed by atoms with Gasteiger partial charge in [0.05, 0.1) is 12.2 Å². The summed E-state index contributed by atoms with van der Waals surface area (Å²) in [7, 11) is 0. The third kappa shape index (κ3) is 3.06. The van der Waals surface area contributed by atoms with Crippen LogP contribution < -0.4 is 5.32 Å². The number of rotatable bonds is 5. The highest BCUT2D eigenvalue weighted by molar-refractivity contribution is 5.83. The molecule has 0 bridgehead atoms. The van der Waals surface area contributed by atoms with Gasteiger partial charge in [0, 0.05) is 25.3 Å². The number of hydrogen-bond acceptors (Lipinski definition) is 3. The molecule has 1 aromatic heterocycles. The van der Waals surface area contributed by atoms with Gasteiger partial charge in [-0.2, -0.15) is 5.10 Å². The fourth-order valence-corrected chi connectivity index (χ4v) is 3.18. The topological polar surface area (TPSA) is 50.2 Å². The van der Waals surface area contributed by atoms with Gasteiger partial charge in [-0.05, 0) is 43.0 Å². The summed E-state index contributed by atoms with van der Waals surface area (Å²) in [5, 5.41) is 7.44. The van der Waals surface area contributed by atoms with E-state index in [-0.39, 0.29) is 23.8 Å². The maximum Gasteiger partial charge on any atom is 0.242 e. The lowest BCUT2D eigenvalue weighted by molar-refractivity contribution is -0.129. The van der Waals surface area contributed by atoms with Crippen molar-refractivity contribution >= 4 is 5.91 Å². The number of benzene rings is 1. The lowest BCUT2D eigenvalue weighted by Gasteiger charge is -2.43. The summed E-state index contributed by atoms with van der Waals surface area (Å²) < 4.78 is 15.2. The number of nitrogens with one attached hydrogen (secondary N) is 1. The molecule has 1 N–H and O–H groups in total. The third-order valence-electron chi connectivity index (χ3n) is 4.72. The standard InChI is InChI=1S/C18H21FN4O/c1-12-8-20-23(9-12)16-10-22(11-16)17(18(24)21-15-6-7-15)13-2-4-14(19)5-3-13/h2-5,8-9,15-17H,6-7,10-11H2,1H3,(H,21,24). The van der Waals surface area contributed by atoms with Gasteiger partial charge in [0.2, 0.25) is 5.91 Å². The number of carbonyl (C=O) groups is 1. The van der Waals surface area contributed by atoms with Gasteiger partial charge < -0.3 is 5.32 Å². The van der Waals surface area contributed by atoms with Crippen LogP contribution in [0.15, 0.2) is 36.7 Å². The van der Waals surface area contributed by atoms with Crippen molar-refractivity contribution in [2.24, 2.45) is 0 Å². The first-order valence-electron chi connectivity index (χ1n) is 8.41. The van der Waals surface area contributed by atoms with Gasteiger partial charge in [0.15, 0.2) is 0 Å².